The highest BCUT2D eigenvalue weighted by molar-refractivity contribution is 5.72. The van der Waals surface area contributed by atoms with Gasteiger partial charge in [-0.25, -0.2) is 4.39 Å². The zero-order valence-electron chi connectivity index (χ0n) is 11.1. The summed E-state index contributed by atoms with van der Waals surface area (Å²) in [6, 6.07) is 4.63. The predicted octanol–water partition coefficient (Wildman–Crippen LogP) is 3.00. The zero-order valence-corrected chi connectivity index (χ0v) is 11.1. The average Bonchev–Trinajstić information content (AvgIpc) is 2.32. The molecule has 3 nitrogen and oxygen atoms in total. The van der Waals surface area contributed by atoms with Gasteiger partial charge in [-0.3, -0.25) is 4.79 Å². The Morgan fingerprint density at radius 1 is 1.44 bits per heavy atom. The maximum absolute atomic E-state index is 13.5. The number of carbonyl (C=O) groups is 1. The van der Waals surface area contributed by atoms with Crippen LogP contribution < -0.4 is 5.32 Å². The molecular weight excluding hydrogens is 233 g/mol. The smallest absolute Gasteiger partial charge is 0.309 e. The molecule has 0 spiro atoms. The first kappa shape index (κ1) is 14.5. The first-order valence-electron chi connectivity index (χ1n) is 6.12. The fourth-order valence-corrected chi connectivity index (χ4v) is 1.55. The third-order valence-corrected chi connectivity index (χ3v) is 2.64. The van der Waals surface area contributed by atoms with Gasteiger partial charge in [-0.2, -0.15) is 0 Å². The molecule has 0 heterocycles. The van der Waals surface area contributed by atoms with E-state index >= 15 is 0 Å². The molecule has 1 aromatic carbocycles. The van der Waals surface area contributed by atoms with E-state index in [4.69, 9.17) is 0 Å². The van der Waals surface area contributed by atoms with E-state index in [1.165, 1.54) is 13.2 Å². The average molecular weight is 253 g/mol. The van der Waals surface area contributed by atoms with Gasteiger partial charge >= 0.3 is 5.97 Å². The molecule has 1 aromatic rings. The molecule has 0 aliphatic heterocycles. The largest absolute Gasteiger partial charge is 0.469 e. The summed E-state index contributed by atoms with van der Waals surface area (Å²) in [5.41, 5.74) is 1.19. The first-order chi connectivity index (χ1) is 8.52. The van der Waals surface area contributed by atoms with Gasteiger partial charge < -0.3 is 10.1 Å². The fraction of sp³-hybridized carbons (Fsp3) is 0.500. The van der Waals surface area contributed by atoms with Crippen LogP contribution in [0.15, 0.2) is 18.2 Å². The monoisotopic (exact) mass is 253 g/mol. The van der Waals surface area contributed by atoms with Crippen molar-refractivity contribution < 1.29 is 13.9 Å². The molecule has 18 heavy (non-hydrogen) atoms. The van der Waals surface area contributed by atoms with Crippen molar-refractivity contribution in [2.45, 2.75) is 26.7 Å². The van der Waals surface area contributed by atoms with Gasteiger partial charge in [0.05, 0.1) is 19.2 Å². The number of hydrogen-bond donors (Lipinski definition) is 1. The van der Waals surface area contributed by atoms with Gasteiger partial charge in [0, 0.05) is 6.54 Å². The van der Waals surface area contributed by atoms with Gasteiger partial charge in [0.1, 0.15) is 5.82 Å². The highest BCUT2D eigenvalue weighted by Crippen LogP contribution is 2.17. The van der Waals surface area contributed by atoms with Crippen LogP contribution >= 0.6 is 0 Å². The molecule has 0 amide bonds. The van der Waals surface area contributed by atoms with Crippen LogP contribution in [0.1, 0.15) is 25.8 Å². The molecule has 0 radical (unpaired) electrons. The van der Waals surface area contributed by atoms with E-state index in [1.807, 2.05) is 0 Å². The quantitative estimate of drug-likeness (QED) is 0.792. The number of esters is 1. The topological polar surface area (TPSA) is 38.3 Å². The summed E-state index contributed by atoms with van der Waals surface area (Å²) in [5, 5.41) is 3.05. The molecule has 1 N–H and O–H groups in total. The third kappa shape index (κ3) is 4.73. The minimum Gasteiger partial charge on any atom is -0.469 e. The summed E-state index contributed by atoms with van der Waals surface area (Å²) in [6.45, 7) is 4.95. The van der Waals surface area contributed by atoms with E-state index in [1.54, 1.807) is 12.1 Å². The fourth-order valence-electron chi connectivity index (χ4n) is 1.55. The molecule has 0 atom stereocenters. The Balaban J connectivity index is 2.65. The number of ether oxygens (including phenoxy) is 1. The van der Waals surface area contributed by atoms with E-state index in [0.29, 0.717) is 11.6 Å². The van der Waals surface area contributed by atoms with Gasteiger partial charge in [0.25, 0.3) is 0 Å². The Morgan fingerprint density at radius 3 is 2.78 bits per heavy atom. The Bertz CT molecular complexity index is 405. The number of hydrogen-bond acceptors (Lipinski definition) is 3. The normalized spacial score (nSPS) is 10.5. The van der Waals surface area contributed by atoms with Crippen LogP contribution in [0, 0.1) is 11.7 Å². The molecule has 0 aliphatic rings. The first-order valence-corrected chi connectivity index (χ1v) is 6.12. The molecular formula is C14H20FNO2. The van der Waals surface area contributed by atoms with E-state index in [9.17, 15) is 9.18 Å². The van der Waals surface area contributed by atoms with Crippen molar-refractivity contribution >= 4 is 11.7 Å². The van der Waals surface area contributed by atoms with Crippen molar-refractivity contribution in [1.29, 1.82) is 0 Å². The molecule has 0 bridgehead atoms. The lowest BCUT2D eigenvalue weighted by Crippen LogP contribution is -2.08. The molecule has 100 valence electrons. The van der Waals surface area contributed by atoms with Gasteiger partial charge in [0.2, 0.25) is 0 Å². The van der Waals surface area contributed by atoms with Crippen LogP contribution in [-0.2, 0) is 16.0 Å². The standard InChI is InChI=1S/C14H20FNO2/c1-10(2)6-7-16-13-8-11(4-5-12(13)15)9-14(17)18-3/h4-5,8,10,16H,6-7,9H2,1-3H3. The van der Waals surface area contributed by atoms with E-state index in [-0.39, 0.29) is 18.2 Å². The maximum Gasteiger partial charge on any atom is 0.309 e. The van der Waals surface area contributed by atoms with Gasteiger partial charge in [-0.05, 0) is 30.0 Å². The molecule has 0 saturated carbocycles. The third-order valence-electron chi connectivity index (χ3n) is 2.64. The lowest BCUT2D eigenvalue weighted by atomic mass is 10.1. The van der Waals surface area contributed by atoms with Crippen LogP contribution in [-0.4, -0.2) is 19.6 Å². The van der Waals surface area contributed by atoms with Crippen molar-refractivity contribution in [3.8, 4) is 0 Å². The van der Waals surface area contributed by atoms with Crippen molar-refractivity contribution in [2.75, 3.05) is 19.0 Å². The van der Waals surface area contributed by atoms with E-state index < -0.39 is 0 Å². The molecule has 0 unspecified atom stereocenters. The lowest BCUT2D eigenvalue weighted by molar-refractivity contribution is -0.139. The van der Waals surface area contributed by atoms with Crippen LogP contribution in [0.5, 0.6) is 0 Å². The maximum atomic E-state index is 13.5. The summed E-state index contributed by atoms with van der Waals surface area (Å²) < 4.78 is 18.1. The number of nitrogens with one attached hydrogen (secondary N) is 1. The minimum atomic E-state index is -0.324. The summed E-state index contributed by atoms with van der Waals surface area (Å²) in [7, 11) is 1.34. The molecule has 0 fully saturated rings. The Morgan fingerprint density at radius 2 is 2.17 bits per heavy atom. The lowest BCUT2D eigenvalue weighted by Gasteiger charge is -2.10. The van der Waals surface area contributed by atoms with Gasteiger partial charge in [0.15, 0.2) is 0 Å². The summed E-state index contributed by atoms with van der Waals surface area (Å²) in [6.07, 6.45) is 1.14. The highest BCUT2D eigenvalue weighted by Gasteiger charge is 2.07. The van der Waals surface area contributed by atoms with Gasteiger partial charge in [-0.1, -0.05) is 19.9 Å². The molecule has 0 aliphatic carbocycles. The molecule has 1 rings (SSSR count). The number of carbonyl (C=O) groups excluding carboxylic acids is 1. The summed E-state index contributed by atoms with van der Waals surface area (Å²) in [5.74, 6) is -0.0547. The SMILES string of the molecule is COC(=O)Cc1ccc(F)c(NCCC(C)C)c1. The molecule has 0 aromatic heterocycles. The number of anilines is 1. The number of benzene rings is 1. The van der Waals surface area contributed by atoms with Gasteiger partial charge in [-0.15, -0.1) is 0 Å². The zero-order chi connectivity index (χ0) is 13.5. The van der Waals surface area contributed by atoms with E-state index in [0.717, 1.165) is 18.5 Å². The van der Waals surface area contributed by atoms with Crippen LogP contribution in [0.4, 0.5) is 10.1 Å². The van der Waals surface area contributed by atoms with Crippen molar-refractivity contribution in [3.05, 3.63) is 29.6 Å². The Kier molecular flexibility index (Phi) is 5.62. The highest BCUT2D eigenvalue weighted by atomic mass is 19.1. The predicted molar refractivity (Wildman–Crippen MR) is 70.1 cm³/mol. The number of methoxy groups -OCH3 is 1. The van der Waals surface area contributed by atoms with E-state index in [2.05, 4.69) is 23.9 Å². The Hall–Kier alpha value is -1.58. The minimum absolute atomic E-state index is 0.162. The van der Waals surface area contributed by atoms with Crippen molar-refractivity contribution in [1.82, 2.24) is 0 Å². The van der Waals surface area contributed by atoms with Crippen LogP contribution in [0.2, 0.25) is 0 Å². The van der Waals surface area contributed by atoms with Crippen LogP contribution in [0.3, 0.4) is 0 Å². The summed E-state index contributed by atoms with van der Waals surface area (Å²) in [4.78, 5) is 11.1. The second-order valence-electron chi connectivity index (χ2n) is 4.68. The van der Waals surface area contributed by atoms with Crippen molar-refractivity contribution in [2.24, 2.45) is 5.92 Å². The Labute approximate surface area is 107 Å². The number of rotatable bonds is 6. The second-order valence-corrected chi connectivity index (χ2v) is 4.68. The van der Waals surface area contributed by atoms with Crippen LogP contribution in [0.25, 0.3) is 0 Å². The summed E-state index contributed by atoms with van der Waals surface area (Å²) >= 11 is 0. The second kappa shape index (κ2) is 6.99. The molecule has 4 heteroatoms. The number of halogens is 1. The van der Waals surface area contributed by atoms with Crippen molar-refractivity contribution in [3.63, 3.8) is 0 Å². The molecule has 0 saturated heterocycles.